The molecule has 0 atom stereocenters. The first-order chi connectivity index (χ1) is 6.61. The number of aromatic carboxylic acids is 1. The molecule has 4 nitrogen and oxygen atoms in total. The van der Waals surface area contributed by atoms with Crippen molar-refractivity contribution in [1.82, 2.24) is 9.55 Å². The summed E-state index contributed by atoms with van der Waals surface area (Å²) in [6.45, 7) is 0. The van der Waals surface area contributed by atoms with Crippen LogP contribution >= 0.6 is 0 Å². The molecule has 15 heavy (non-hydrogen) atoms. The van der Waals surface area contributed by atoms with E-state index in [4.69, 9.17) is 0 Å². The molecule has 2 aromatic rings. The Morgan fingerprint density at radius 2 is 2.20 bits per heavy atom. The summed E-state index contributed by atoms with van der Waals surface area (Å²) in [6.07, 6.45) is 0. The van der Waals surface area contributed by atoms with Crippen LogP contribution in [-0.4, -0.2) is 15.5 Å². The summed E-state index contributed by atoms with van der Waals surface area (Å²) in [4.78, 5) is 14.3. The summed E-state index contributed by atoms with van der Waals surface area (Å²) in [5.41, 5.74) is 0.485. The number of halogens is 1. The van der Waals surface area contributed by atoms with Crippen molar-refractivity contribution >= 4 is 17.0 Å². The molecule has 0 unspecified atom stereocenters. The first-order valence-electron chi connectivity index (χ1n) is 3.93. The van der Waals surface area contributed by atoms with Gasteiger partial charge >= 0.3 is 18.9 Å². The van der Waals surface area contributed by atoms with Gasteiger partial charge in [0.15, 0.2) is 5.82 Å². The van der Waals surface area contributed by atoms with Crippen LogP contribution in [0, 0.1) is 5.82 Å². The Morgan fingerprint density at radius 1 is 1.53 bits per heavy atom. The topological polar surface area (TPSA) is 58.0 Å². The molecule has 0 aliphatic rings. The molecule has 1 aromatic carbocycles. The predicted octanol–water partition coefficient (Wildman–Crippen LogP) is -2.92. The van der Waals surface area contributed by atoms with Gasteiger partial charge in [-0.2, -0.15) is 0 Å². The molecule has 0 amide bonds. The van der Waals surface area contributed by atoms with E-state index in [0.717, 1.165) is 0 Å². The van der Waals surface area contributed by atoms with Crippen LogP contribution in [0.3, 0.4) is 0 Å². The fourth-order valence-corrected chi connectivity index (χ4v) is 1.40. The van der Waals surface area contributed by atoms with Gasteiger partial charge < -0.3 is 14.5 Å². The summed E-state index contributed by atoms with van der Waals surface area (Å²) < 4.78 is 14.4. The van der Waals surface area contributed by atoms with Gasteiger partial charge in [0.1, 0.15) is 17.3 Å². The van der Waals surface area contributed by atoms with Crippen LogP contribution in [0.2, 0.25) is 0 Å². The van der Waals surface area contributed by atoms with Crippen LogP contribution in [0.25, 0.3) is 11.0 Å². The number of aromatic nitrogens is 2. The Balaban J connectivity index is 0.00000112. The van der Waals surface area contributed by atoms with Crippen molar-refractivity contribution in [1.29, 1.82) is 0 Å². The molecule has 0 aliphatic heterocycles. The molecule has 0 saturated heterocycles. The van der Waals surface area contributed by atoms with E-state index in [1.807, 2.05) is 0 Å². The first kappa shape index (κ1) is 11.8. The molecule has 6 heteroatoms. The number of carbonyl (C=O) groups excluding carboxylic acids is 1. The van der Waals surface area contributed by atoms with Crippen LogP contribution in [-0.2, 0) is 7.05 Å². The average Bonchev–Trinajstić information content (AvgIpc) is 2.45. The van der Waals surface area contributed by atoms with Crippen molar-refractivity contribution in [2.24, 2.45) is 7.05 Å². The average molecular weight is 200 g/mol. The predicted molar refractivity (Wildman–Crippen MR) is 45.0 cm³/mol. The summed E-state index contributed by atoms with van der Waals surface area (Å²) in [5, 5.41) is 10.6. The second kappa shape index (κ2) is 4.05. The number of carboxylic acid groups (broad SMARTS) is 1. The molecule has 0 saturated carbocycles. The van der Waals surface area contributed by atoms with Crippen LogP contribution in [0.5, 0.6) is 0 Å². The van der Waals surface area contributed by atoms with Crippen molar-refractivity contribution in [3.05, 3.63) is 29.8 Å². The van der Waals surface area contributed by atoms with Crippen molar-refractivity contribution in [2.75, 3.05) is 0 Å². The maximum absolute atomic E-state index is 13.2. The van der Waals surface area contributed by atoms with Crippen molar-refractivity contribution in [2.45, 2.75) is 0 Å². The van der Waals surface area contributed by atoms with E-state index in [-0.39, 0.29) is 30.2 Å². The fourth-order valence-electron chi connectivity index (χ4n) is 1.40. The molecular weight excluding hydrogens is 194 g/mol. The minimum atomic E-state index is -1.41. The van der Waals surface area contributed by atoms with Crippen LogP contribution < -0.4 is 24.0 Å². The van der Waals surface area contributed by atoms with Crippen molar-refractivity contribution in [3.8, 4) is 0 Å². The Morgan fingerprint density at radius 3 is 2.73 bits per heavy atom. The molecule has 1 aromatic heterocycles. The van der Waals surface area contributed by atoms with Gasteiger partial charge in [0.05, 0.1) is 5.52 Å². The second-order valence-electron chi connectivity index (χ2n) is 2.89. The molecule has 0 spiro atoms. The molecule has 0 bridgehead atoms. The Bertz CT molecular complexity index is 524. The number of carboxylic acids is 1. The zero-order valence-corrected chi connectivity index (χ0v) is 8.32. The monoisotopic (exact) mass is 200 g/mol. The van der Waals surface area contributed by atoms with E-state index < -0.39 is 11.8 Å². The number of aryl methyl sites for hydroxylation is 1. The molecular formula is C9H6FLiN2O2. The van der Waals surface area contributed by atoms with Crippen LogP contribution in [0.15, 0.2) is 18.2 Å². The van der Waals surface area contributed by atoms with Gasteiger partial charge in [-0.3, -0.25) is 0 Å². The largest absolute Gasteiger partial charge is 1.00 e. The van der Waals surface area contributed by atoms with Gasteiger partial charge in [-0.05, 0) is 12.1 Å². The minimum Gasteiger partial charge on any atom is -0.542 e. The number of rotatable bonds is 1. The van der Waals surface area contributed by atoms with Gasteiger partial charge in [0.25, 0.3) is 0 Å². The fraction of sp³-hybridized carbons (Fsp3) is 0.111. The van der Waals surface area contributed by atoms with Gasteiger partial charge in [-0.1, -0.05) is 6.07 Å². The summed E-state index contributed by atoms with van der Waals surface area (Å²) in [7, 11) is 1.43. The Labute approximate surface area is 96.9 Å². The summed E-state index contributed by atoms with van der Waals surface area (Å²) >= 11 is 0. The number of fused-ring (bicyclic) bond motifs is 1. The number of nitrogens with zero attached hydrogens (tertiary/aromatic N) is 2. The third-order valence-corrected chi connectivity index (χ3v) is 2.03. The van der Waals surface area contributed by atoms with E-state index in [1.54, 1.807) is 6.07 Å². The van der Waals surface area contributed by atoms with Crippen LogP contribution in [0.4, 0.5) is 4.39 Å². The van der Waals surface area contributed by atoms with E-state index >= 15 is 0 Å². The van der Waals surface area contributed by atoms with Gasteiger partial charge in [0, 0.05) is 7.05 Å². The standard InChI is InChI=1S/C9H7FN2O2.Li/c1-12-7-5(10)3-2-4-6(7)11-8(12)9(13)14;/h2-4H,1H3,(H,13,14);/q;+1/p-1. The quantitative estimate of drug-likeness (QED) is 0.463. The van der Waals surface area contributed by atoms with Gasteiger partial charge in [0.2, 0.25) is 0 Å². The maximum atomic E-state index is 13.2. The van der Waals surface area contributed by atoms with E-state index in [1.165, 1.54) is 23.7 Å². The van der Waals surface area contributed by atoms with Gasteiger partial charge in [-0.15, -0.1) is 0 Å². The smallest absolute Gasteiger partial charge is 0.542 e. The van der Waals surface area contributed by atoms with Crippen molar-refractivity contribution in [3.63, 3.8) is 0 Å². The zero-order valence-electron chi connectivity index (χ0n) is 8.32. The Kier molecular flexibility index (Phi) is 3.17. The molecule has 72 valence electrons. The molecule has 2 rings (SSSR count). The number of hydrogen-bond donors (Lipinski definition) is 0. The number of para-hydroxylation sites is 1. The van der Waals surface area contributed by atoms with Crippen LogP contribution in [0.1, 0.15) is 10.6 Å². The molecule has 1 heterocycles. The Hall–Kier alpha value is -1.31. The normalized spacial score (nSPS) is 10.0. The number of hydrogen-bond acceptors (Lipinski definition) is 3. The van der Waals surface area contributed by atoms with Gasteiger partial charge in [-0.25, -0.2) is 9.37 Å². The van der Waals surface area contributed by atoms with E-state index in [2.05, 4.69) is 4.98 Å². The number of imidazole rings is 1. The molecule has 0 N–H and O–H groups in total. The third-order valence-electron chi connectivity index (χ3n) is 2.03. The second-order valence-corrected chi connectivity index (χ2v) is 2.89. The third kappa shape index (κ3) is 1.76. The SMILES string of the molecule is Cn1c(C(=O)[O-])nc2cccc(F)c21.[Li+]. The summed E-state index contributed by atoms with van der Waals surface area (Å²) in [5.74, 6) is -2.18. The number of carbonyl (C=O) groups is 1. The summed E-state index contributed by atoms with van der Waals surface area (Å²) in [6, 6.07) is 4.28. The molecule has 0 fully saturated rings. The minimum absolute atomic E-state index is 0. The molecule has 0 radical (unpaired) electrons. The van der Waals surface area contributed by atoms with Crippen molar-refractivity contribution < 1.29 is 33.2 Å². The first-order valence-corrected chi connectivity index (χ1v) is 3.93. The zero-order chi connectivity index (χ0) is 10.3. The van der Waals surface area contributed by atoms with E-state index in [9.17, 15) is 14.3 Å². The maximum Gasteiger partial charge on any atom is 1.00 e. The number of benzene rings is 1. The van der Waals surface area contributed by atoms with E-state index in [0.29, 0.717) is 5.52 Å². The molecule has 0 aliphatic carbocycles.